The summed E-state index contributed by atoms with van der Waals surface area (Å²) in [7, 11) is 0. The summed E-state index contributed by atoms with van der Waals surface area (Å²) >= 11 is 0. The van der Waals surface area contributed by atoms with E-state index in [2.05, 4.69) is 21.3 Å². The standard InChI is InChI=1S/C10H9FN4/c1-3-7(2)12-10-13-9-5-4-8(11)6-15(9)14-10/h1,4-7H,2H3,(H,12,14). The number of rotatable bonds is 2. The Morgan fingerprint density at radius 3 is 3.13 bits per heavy atom. The Kier molecular flexibility index (Phi) is 2.26. The molecule has 1 atom stereocenters. The molecule has 0 aliphatic heterocycles. The van der Waals surface area contributed by atoms with E-state index >= 15 is 0 Å². The van der Waals surface area contributed by atoms with E-state index in [9.17, 15) is 4.39 Å². The summed E-state index contributed by atoms with van der Waals surface area (Å²) in [6, 6.07) is 2.72. The number of aromatic nitrogens is 3. The average molecular weight is 204 g/mol. The molecule has 15 heavy (non-hydrogen) atoms. The first-order valence-electron chi connectivity index (χ1n) is 4.43. The maximum atomic E-state index is 12.8. The average Bonchev–Trinajstić information content (AvgIpc) is 2.59. The predicted molar refractivity (Wildman–Crippen MR) is 54.9 cm³/mol. The van der Waals surface area contributed by atoms with Crippen molar-refractivity contribution in [2.75, 3.05) is 5.32 Å². The summed E-state index contributed by atoms with van der Waals surface area (Å²) in [4.78, 5) is 4.12. The molecule has 0 saturated carbocycles. The van der Waals surface area contributed by atoms with E-state index in [1.165, 1.54) is 16.8 Å². The van der Waals surface area contributed by atoms with Crippen LogP contribution >= 0.6 is 0 Å². The number of hydrogen-bond donors (Lipinski definition) is 1. The fraction of sp³-hybridized carbons (Fsp3) is 0.200. The van der Waals surface area contributed by atoms with Gasteiger partial charge in [-0.1, -0.05) is 5.92 Å². The van der Waals surface area contributed by atoms with Crippen LogP contribution in [0.3, 0.4) is 0 Å². The number of fused-ring (bicyclic) bond motifs is 1. The third-order valence-electron chi connectivity index (χ3n) is 1.89. The quantitative estimate of drug-likeness (QED) is 0.750. The Morgan fingerprint density at radius 1 is 1.60 bits per heavy atom. The van der Waals surface area contributed by atoms with Crippen molar-refractivity contribution in [2.45, 2.75) is 13.0 Å². The van der Waals surface area contributed by atoms with E-state index in [4.69, 9.17) is 6.42 Å². The highest BCUT2D eigenvalue weighted by molar-refractivity contribution is 5.44. The zero-order valence-electron chi connectivity index (χ0n) is 8.11. The Balaban J connectivity index is 2.35. The molecule has 0 aliphatic rings. The molecule has 1 N–H and O–H groups in total. The van der Waals surface area contributed by atoms with Gasteiger partial charge in [-0.05, 0) is 19.1 Å². The summed E-state index contributed by atoms with van der Waals surface area (Å²) in [5.41, 5.74) is 0.572. The molecule has 0 aromatic carbocycles. The SMILES string of the molecule is C#CC(C)Nc1nc2ccc(F)cn2n1. The zero-order valence-corrected chi connectivity index (χ0v) is 8.11. The van der Waals surface area contributed by atoms with Crippen LogP contribution in [-0.2, 0) is 0 Å². The second kappa shape index (κ2) is 3.58. The van der Waals surface area contributed by atoms with E-state index in [-0.39, 0.29) is 11.9 Å². The van der Waals surface area contributed by atoms with Gasteiger partial charge in [-0.15, -0.1) is 11.5 Å². The molecular weight excluding hydrogens is 195 g/mol. The highest BCUT2D eigenvalue weighted by atomic mass is 19.1. The van der Waals surface area contributed by atoms with Crippen LogP contribution in [-0.4, -0.2) is 20.6 Å². The van der Waals surface area contributed by atoms with Crippen LogP contribution in [0.5, 0.6) is 0 Å². The summed E-state index contributed by atoms with van der Waals surface area (Å²) in [5.74, 6) is 2.53. The number of nitrogens with zero attached hydrogens (tertiary/aromatic N) is 3. The Bertz CT molecular complexity index is 526. The first-order chi connectivity index (χ1) is 7.19. The van der Waals surface area contributed by atoms with Crippen molar-refractivity contribution in [3.8, 4) is 12.3 Å². The molecule has 0 fully saturated rings. The van der Waals surface area contributed by atoms with Gasteiger partial charge in [0.1, 0.15) is 5.82 Å². The molecule has 76 valence electrons. The van der Waals surface area contributed by atoms with E-state index in [1.54, 1.807) is 6.07 Å². The molecule has 2 aromatic rings. The topological polar surface area (TPSA) is 42.2 Å². The molecule has 0 amide bonds. The van der Waals surface area contributed by atoms with Crippen molar-refractivity contribution in [1.29, 1.82) is 0 Å². The Hall–Kier alpha value is -2.09. The molecule has 2 aromatic heterocycles. The minimum Gasteiger partial charge on any atom is -0.340 e. The zero-order chi connectivity index (χ0) is 10.8. The van der Waals surface area contributed by atoms with Gasteiger partial charge in [0, 0.05) is 0 Å². The molecular formula is C10H9FN4. The molecule has 4 nitrogen and oxygen atoms in total. The number of terminal acetylenes is 1. The van der Waals surface area contributed by atoms with Crippen LogP contribution in [0.2, 0.25) is 0 Å². The van der Waals surface area contributed by atoms with E-state index in [0.29, 0.717) is 11.6 Å². The normalized spacial score (nSPS) is 12.3. The number of hydrogen-bond acceptors (Lipinski definition) is 3. The van der Waals surface area contributed by atoms with Crippen LogP contribution in [0.15, 0.2) is 18.3 Å². The Morgan fingerprint density at radius 2 is 2.40 bits per heavy atom. The van der Waals surface area contributed by atoms with Crippen molar-refractivity contribution in [3.05, 3.63) is 24.1 Å². The molecule has 2 heterocycles. The van der Waals surface area contributed by atoms with Gasteiger partial charge in [-0.25, -0.2) is 8.91 Å². The second-order valence-electron chi connectivity index (χ2n) is 3.12. The highest BCUT2D eigenvalue weighted by Crippen LogP contribution is 2.07. The van der Waals surface area contributed by atoms with E-state index in [1.807, 2.05) is 6.92 Å². The maximum absolute atomic E-state index is 12.8. The first kappa shape index (κ1) is 9.46. The van der Waals surface area contributed by atoms with Crippen molar-refractivity contribution < 1.29 is 4.39 Å². The van der Waals surface area contributed by atoms with Crippen LogP contribution in [0.1, 0.15) is 6.92 Å². The lowest BCUT2D eigenvalue weighted by molar-refractivity contribution is 0.615. The Labute approximate surface area is 86.1 Å². The van der Waals surface area contributed by atoms with Gasteiger partial charge in [-0.2, -0.15) is 4.98 Å². The van der Waals surface area contributed by atoms with Crippen molar-refractivity contribution >= 4 is 11.6 Å². The molecule has 0 aliphatic carbocycles. The van der Waals surface area contributed by atoms with Crippen LogP contribution in [0, 0.1) is 18.2 Å². The maximum Gasteiger partial charge on any atom is 0.244 e. The fourth-order valence-corrected chi connectivity index (χ4v) is 1.15. The van der Waals surface area contributed by atoms with Crippen molar-refractivity contribution in [1.82, 2.24) is 14.6 Å². The lowest BCUT2D eigenvalue weighted by Crippen LogP contribution is -2.13. The van der Waals surface area contributed by atoms with Crippen LogP contribution in [0.25, 0.3) is 5.65 Å². The summed E-state index contributed by atoms with van der Waals surface area (Å²) in [5, 5.41) is 6.92. The third kappa shape index (κ3) is 1.89. The summed E-state index contributed by atoms with van der Waals surface area (Å²) in [6.45, 7) is 1.81. The number of pyridine rings is 1. The molecule has 5 heteroatoms. The van der Waals surface area contributed by atoms with Gasteiger partial charge in [0.25, 0.3) is 0 Å². The number of nitrogens with one attached hydrogen (secondary N) is 1. The molecule has 0 spiro atoms. The molecule has 0 saturated heterocycles. The number of halogens is 1. The van der Waals surface area contributed by atoms with Crippen molar-refractivity contribution in [2.24, 2.45) is 0 Å². The molecule has 0 radical (unpaired) electrons. The monoisotopic (exact) mass is 204 g/mol. The molecule has 1 unspecified atom stereocenters. The smallest absolute Gasteiger partial charge is 0.244 e. The van der Waals surface area contributed by atoms with Crippen LogP contribution < -0.4 is 5.32 Å². The van der Waals surface area contributed by atoms with E-state index in [0.717, 1.165) is 0 Å². The second-order valence-corrected chi connectivity index (χ2v) is 3.12. The lowest BCUT2D eigenvalue weighted by atomic mass is 10.4. The van der Waals surface area contributed by atoms with E-state index < -0.39 is 0 Å². The number of anilines is 1. The van der Waals surface area contributed by atoms with Gasteiger partial charge >= 0.3 is 0 Å². The van der Waals surface area contributed by atoms with Crippen molar-refractivity contribution in [3.63, 3.8) is 0 Å². The first-order valence-corrected chi connectivity index (χ1v) is 4.43. The largest absolute Gasteiger partial charge is 0.340 e. The summed E-state index contributed by atoms with van der Waals surface area (Å²) in [6.07, 6.45) is 6.46. The van der Waals surface area contributed by atoms with Gasteiger partial charge < -0.3 is 5.32 Å². The van der Waals surface area contributed by atoms with Gasteiger partial charge in [0.05, 0.1) is 12.2 Å². The van der Waals surface area contributed by atoms with Gasteiger partial charge in [0.2, 0.25) is 5.95 Å². The molecule has 2 rings (SSSR count). The minimum absolute atomic E-state index is 0.160. The molecule has 0 bridgehead atoms. The van der Waals surface area contributed by atoms with Gasteiger partial charge in [-0.3, -0.25) is 0 Å². The third-order valence-corrected chi connectivity index (χ3v) is 1.89. The highest BCUT2D eigenvalue weighted by Gasteiger charge is 2.05. The lowest BCUT2D eigenvalue weighted by Gasteiger charge is -2.02. The van der Waals surface area contributed by atoms with Gasteiger partial charge in [0.15, 0.2) is 5.65 Å². The minimum atomic E-state index is -0.357. The summed E-state index contributed by atoms with van der Waals surface area (Å²) < 4.78 is 14.2. The predicted octanol–water partition coefficient (Wildman–Crippen LogP) is 1.30. The van der Waals surface area contributed by atoms with Crippen LogP contribution in [0.4, 0.5) is 10.3 Å². The fourth-order valence-electron chi connectivity index (χ4n) is 1.15.